The van der Waals surface area contributed by atoms with Gasteiger partial charge in [-0.2, -0.15) is 0 Å². The Labute approximate surface area is 158 Å². The van der Waals surface area contributed by atoms with Gasteiger partial charge in [0.25, 0.3) is 11.8 Å². The van der Waals surface area contributed by atoms with Gasteiger partial charge in [0, 0.05) is 29.9 Å². The highest BCUT2D eigenvalue weighted by atomic mass is 32.1. The number of anilines is 1. The summed E-state index contributed by atoms with van der Waals surface area (Å²) in [5.74, 6) is -0.198. The van der Waals surface area contributed by atoms with E-state index in [0.29, 0.717) is 11.1 Å². The van der Waals surface area contributed by atoms with Crippen molar-refractivity contribution in [3.05, 3.63) is 65.2 Å². The molecule has 1 heterocycles. The van der Waals surface area contributed by atoms with Gasteiger partial charge in [0.1, 0.15) is 0 Å². The van der Waals surface area contributed by atoms with Gasteiger partial charge in [-0.05, 0) is 68.4 Å². The van der Waals surface area contributed by atoms with E-state index in [9.17, 15) is 9.59 Å². The van der Waals surface area contributed by atoms with Gasteiger partial charge >= 0.3 is 0 Å². The van der Waals surface area contributed by atoms with Gasteiger partial charge in [0.05, 0.1) is 0 Å². The molecule has 0 bridgehead atoms. The number of amides is 2. The number of nitrogens with zero attached hydrogens (tertiary/aromatic N) is 1. The maximum absolute atomic E-state index is 12.3. The molecule has 1 fully saturated rings. The summed E-state index contributed by atoms with van der Waals surface area (Å²) in [5.41, 5.74) is 2.94. The number of aryl methyl sites for hydroxylation is 1. The van der Waals surface area contributed by atoms with Crippen LogP contribution in [0.25, 0.3) is 0 Å². The van der Waals surface area contributed by atoms with Crippen LogP contribution in [0.1, 0.15) is 39.1 Å². The number of hydrogen-bond acceptors (Lipinski definition) is 3. The van der Waals surface area contributed by atoms with Gasteiger partial charge in [0.15, 0.2) is 5.11 Å². The second-order valence-electron chi connectivity index (χ2n) is 6.35. The van der Waals surface area contributed by atoms with Gasteiger partial charge in [0.2, 0.25) is 0 Å². The Morgan fingerprint density at radius 1 is 1.00 bits per heavy atom. The summed E-state index contributed by atoms with van der Waals surface area (Å²) in [6.07, 6.45) is 2.14. The lowest BCUT2D eigenvalue weighted by Crippen LogP contribution is -2.34. The van der Waals surface area contributed by atoms with Crippen LogP contribution in [0.3, 0.4) is 0 Å². The minimum absolute atomic E-state index is 0.0596. The van der Waals surface area contributed by atoms with E-state index in [1.165, 1.54) is 0 Å². The van der Waals surface area contributed by atoms with E-state index in [0.717, 1.165) is 37.2 Å². The minimum atomic E-state index is -0.257. The van der Waals surface area contributed by atoms with E-state index in [4.69, 9.17) is 12.2 Å². The van der Waals surface area contributed by atoms with Gasteiger partial charge in [-0.1, -0.05) is 17.7 Å². The largest absolute Gasteiger partial charge is 0.339 e. The van der Waals surface area contributed by atoms with Crippen molar-refractivity contribution >= 4 is 34.8 Å². The average molecular weight is 367 g/mol. The molecule has 0 aliphatic carbocycles. The molecule has 5 nitrogen and oxygen atoms in total. The average Bonchev–Trinajstić information content (AvgIpc) is 3.16. The second-order valence-corrected chi connectivity index (χ2v) is 6.76. The smallest absolute Gasteiger partial charge is 0.257 e. The Morgan fingerprint density at radius 2 is 1.69 bits per heavy atom. The predicted molar refractivity (Wildman–Crippen MR) is 106 cm³/mol. The Hall–Kier alpha value is -2.73. The number of likely N-dealkylation sites (tertiary alicyclic amines) is 1. The number of carbonyl (C=O) groups excluding carboxylic acids is 2. The molecule has 2 amide bonds. The molecule has 2 aromatic rings. The molecule has 0 radical (unpaired) electrons. The summed E-state index contributed by atoms with van der Waals surface area (Å²) in [6.45, 7) is 3.58. The summed E-state index contributed by atoms with van der Waals surface area (Å²) in [5, 5.41) is 5.85. The van der Waals surface area contributed by atoms with Crippen LogP contribution in [0.15, 0.2) is 48.5 Å². The van der Waals surface area contributed by atoms with Crippen LogP contribution in [-0.4, -0.2) is 34.9 Å². The first-order valence-corrected chi connectivity index (χ1v) is 9.02. The zero-order chi connectivity index (χ0) is 18.5. The minimum Gasteiger partial charge on any atom is -0.339 e. The van der Waals surface area contributed by atoms with E-state index in [-0.39, 0.29) is 16.9 Å². The molecule has 26 heavy (non-hydrogen) atoms. The molecule has 2 aromatic carbocycles. The number of thiocarbonyl (C=S) groups is 1. The molecule has 6 heteroatoms. The summed E-state index contributed by atoms with van der Waals surface area (Å²) in [4.78, 5) is 26.4. The van der Waals surface area contributed by atoms with Crippen molar-refractivity contribution < 1.29 is 9.59 Å². The summed E-state index contributed by atoms with van der Waals surface area (Å²) in [7, 11) is 0. The van der Waals surface area contributed by atoms with E-state index >= 15 is 0 Å². The fraction of sp³-hybridized carbons (Fsp3) is 0.250. The Morgan fingerprint density at radius 3 is 2.35 bits per heavy atom. The molecule has 2 N–H and O–H groups in total. The molecule has 0 unspecified atom stereocenters. The lowest BCUT2D eigenvalue weighted by Gasteiger charge is -2.15. The lowest BCUT2D eigenvalue weighted by atomic mass is 10.1. The second kappa shape index (κ2) is 8.10. The fourth-order valence-electron chi connectivity index (χ4n) is 2.92. The number of benzene rings is 2. The third kappa shape index (κ3) is 4.46. The standard InChI is InChI=1S/C20H21N3O2S/c1-14-5-4-6-16(13-14)18(24)22-20(26)21-17-9-7-15(8-10-17)19(25)23-11-2-3-12-23/h4-10,13H,2-3,11-12H2,1H3,(H2,21,22,24,26). The molecular weight excluding hydrogens is 346 g/mol. The van der Waals surface area contributed by atoms with Crippen LogP contribution in [0, 0.1) is 6.92 Å². The molecule has 1 aliphatic heterocycles. The normalized spacial score (nSPS) is 13.3. The van der Waals surface area contributed by atoms with Crippen molar-refractivity contribution in [2.75, 3.05) is 18.4 Å². The molecular formula is C20H21N3O2S. The number of carbonyl (C=O) groups is 2. The Bertz CT molecular complexity index is 827. The summed E-state index contributed by atoms with van der Waals surface area (Å²) < 4.78 is 0. The van der Waals surface area contributed by atoms with Crippen LogP contribution < -0.4 is 10.6 Å². The number of rotatable bonds is 3. The monoisotopic (exact) mass is 367 g/mol. The van der Waals surface area contributed by atoms with Crippen LogP contribution in [0.4, 0.5) is 5.69 Å². The molecule has 1 aliphatic rings. The quantitative estimate of drug-likeness (QED) is 0.817. The van der Waals surface area contributed by atoms with Gasteiger partial charge in [-0.25, -0.2) is 0 Å². The van der Waals surface area contributed by atoms with Crippen molar-refractivity contribution in [2.24, 2.45) is 0 Å². The van der Waals surface area contributed by atoms with Gasteiger partial charge in [-0.15, -0.1) is 0 Å². The number of nitrogens with one attached hydrogen (secondary N) is 2. The highest BCUT2D eigenvalue weighted by molar-refractivity contribution is 7.80. The third-order valence-corrected chi connectivity index (χ3v) is 4.49. The highest BCUT2D eigenvalue weighted by Gasteiger charge is 2.19. The zero-order valence-corrected chi connectivity index (χ0v) is 15.4. The van der Waals surface area contributed by atoms with Crippen molar-refractivity contribution in [2.45, 2.75) is 19.8 Å². The molecule has 134 valence electrons. The molecule has 0 saturated carbocycles. The first-order chi connectivity index (χ1) is 12.5. The van der Waals surface area contributed by atoms with Crippen LogP contribution in [-0.2, 0) is 0 Å². The Kier molecular flexibility index (Phi) is 5.63. The lowest BCUT2D eigenvalue weighted by molar-refractivity contribution is 0.0792. The van der Waals surface area contributed by atoms with Gasteiger partial charge < -0.3 is 10.2 Å². The highest BCUT2D eigenvalue weighted by Crippen LogP contribution is 2.15. The first-order valence-electron chi connectivity index (χ1n) is 8.61. The fourth-order valence-corrected chi connectivity index (χ4v) is 3.13. The molecule has 0 spiro atoms. The van der Waals surface area contributed by atoms with Crippen LogP contribution >= 0.6 is 12.2 Å². The van der Waals surface area contributed by atoms with Crippen molar-refractivity contribution in [1.82, 2.24) is 10.2 Å². The van der Waals surface area contributed by atoms with Crippen molar-refractivity contribution in [3.63, 3.8) is 0 Å². The number of hydrogen-bond donors (Lipinski definition) is 2. The van der Waals surface area contributed by atoms with E-state index < -0.39 is 0 Å². The van der Waals surface area contributed by atoms with Crippen LogP contribution in [0.5, 0.6) is 0 Å². The molecule has 0 atom stereocenters. The molecule has 3 rings (SSSR count). The third-order valence-electron chi connectivity index (χ3n) is 4.29. The van der Waals surface area contributed by atoms with Crippen LogP contribution in [0.2, 0.25) is 0 Å². The first kappa shape index (κ1) is 18.1. The van der Waals surface area contributed by atoms with E-state index in [1.807, 2.05) is 24.0 Å². The predicted octanol–water partition coefficient (Wildman–Crippen LogP) is 3.36. The topological polar surface area (TPSA) is 61.4 Å². The van der Waals surface area contributed by atoms with E-state index in [1.54, 1.807) is 36.4 Å². The van der Waals surface area contributed by atoms with Gasteiger partial charge in [-0.3, -0.25) is 14.9 Å². The van der Waals surface area contributed by atoms with E-state index in [2.05, 4.69) is 10.6 Å². The zero-order valence-electron chi connectivity index (χ0n) is 14.6. The molecule has 1 saturated heterocycles. The molecule has 0 aromatic heterocycles. The SMILES string of the molecule is Cc1cccc(C(=O)NC(=S)Nc2ccc(C(=O)N3CCCC3)cc2)c1. The maximum atomic E-state index is 12.3. The van der Waals surface area contributed by atoms with Crippen molar-refractivity contribution in [1.29, 1.82) is 0 Å². The summed E-state index contributed by atoms with van der Waals surface area (Å²) in [6, 6.07) is 14.4. The van der Waals surface area contributed by atoms with Crippen molar-refractivity contribution in [3.8, 4) is 0 Å². The maximum Gasteiger partial charge on any atom is 0.257 e. The Balaban J connectivity index is 1.57. The summed E-state index contributed by atoms with van der Waals surface area (Å²) >= 11 is 5.20.